The third kappa shape index (κ3) is 2.61. The van der Waals surface area contributed by atoms with Gasteiger partial charge in [0.05, 0.1) is 22.3 Å². The van der Waals surface area contributed by atoms with Crippen LogP contribution in [0.4, 0.5) is 5.69 Å². The normalized spacial score (nSPS) is 18.3. The maximum Gasteiger partial charge on any atom is 0.234 e. The minimum absolute atomic E-state index is 0.237. The Labute approximate surface area is 116 Å². The van der Waals surface area contributed by atoms with E-state index in [-0.39, 0.29) is 22.3 Å². The summed E-state index contributed by atoms with van der Waals surface area (Å²) < 4.78 is 0. The number of piperidine rings is 1. The van der Waals surface area contributed by atoms with Crippen molar-refractivity contribution < 1.29 is 9.59 Å². The number of carbonyl (C=O) groups excluding carboxylic acids is 2. The molecule has 0 N–H and O–H groups in total. The van der Waals surface area contributed by atoms with Gasteiger partial charge >= 0.3 is 0 Å². The van der Waals surface area contributed by atoms with Crippen LogP contribution in [0.15, 0.2) is 18.2 Å². The van der Waals surface area contributed by atoms with E-state index >= 15 is 0 Å². The SMILES string of the molecule is CC1(C)CC(=O)N(c2ccc(C#N)cc2Cl)C(=O)C1. The Morgan fingerprint density at radius 2 is 1.84 bits per heavy atom. The minimum atomic E-state index is -0.316. The van der Waals surface area contributed by atoms with E-state index in [2.05, 4.69) is 0 Å². The van der Waals surface area contributed by atoms with Crippen LogP contribution in [0.3, 0.4) is 0 Å². The van der Waals surface area contributed by atoms with Gasteiger partial charge < -0.3 is 0 Å². The van der Waals surface area contributed by atoms with Crippen LogP contribution in [-0.4, -0.2) is 11.8 Å². The van der Waals surface area contributed by atoms with Crippen molar-refractivity contribution in [3.8, 4) is 6.07 Å². The molecule has 0 bridgehead atoms. The molecule has 0 atom stereocenters. The van der Waals surface area contributed by atoms with Crippen molar-refractivity contribution >= 4 is 29.1 Å². The molecule has 0 aliphatic carbocycles. The fraction of sp³-hybridized carbons (Fsp3) is 0.357. The number of nitrogens with zero attached hydrogens (tertiary/aromatic N) is 2. The molecule has 0 spiro atoms. The van der Waals surface area contributed by atoms with E-state index in [9.17, 15) is 9.59 Å². The Kier molecular flexibility index (Phi) is 3.34. The summed E-state index contributed by atoms with van der Waals surface area (Å²) in [4.78, 5) is 25.3. The van der Waals surface area contributed by atoms with E-state index in [0.717, 1.165) is 4.90 Å². The van der Waals surface area contributed by atoms with Gasteiger partial charge in [-0.25, -0.2) is 4.90 Å². The maximum absolute atomic E-state index is 12.1. The highest BCUT2D eigenvalue weighted by molar-refractivity contribution is 6.35. The van der Waals surface area contributed by atoms with Crippen molar-refractivity contribution in [1.82, 2.24) is 0 Å². The zero-order valence-corrected chi connectivity index (χ0v) is 11.5. The van der Waals surface area contributed by atoms with E-state index in [0.29, 0.717) is 24.1 Å². The molecule has 0 saturated carbocycles. The van der Waals surface area contributed by atoms with Crippen molar-refractivity contribution in [2.75, 3.05) is 4.90 Å². The lowest BCUT2D eigenvalue weighted by molar-refractivity contribution is -0.132. The highest BCUT2D eigenvalue weighted by Gasteiger charge is 2.38. The number of imide groups is 1. The van der Waals surface area contributed by atoms with Crippen LogP contribution >= 0.6 is 11.6 Å². The molecule has 5 heteroatoms. The molecule has 98 valence electrons. The van der Waals surface area contributed by atoms with Crippen molar-refractivity contribution in [2.45, 2.75) is 26.7 Å². The fourth-order valence-electron chi connectivity index (χ4n) is 2.20. The van der Waals surface area contributed by atoms with Gasteiger partial charge in [0.15, 0.2) is 0 Å². The van der Waals surface area contributed by atoms with Gasteiger partial charge in [0, 0.05) is 12.8 Å². The first-order chi connectivity index (χ1) is 8.84. The number of benzene rings is 1. The summed E-state index contributed by atoms with van der Waals surface area (Å²) in [5.41, 5.74) is 0.432. The summed E-state index contributed by atoms with van der Waals surface area (Å²) in [6, 6.07) is 6.50. The zero-order valence-electron chi connectivity index (χ0n) is 10.7. The molecule has 4 nitrogen and oxygen atoms in total. The number of rotatable bonds is 1. The highest BCUT2D eigenvalue weighted by Crippen LogP contribution is 2.36. The van der Waals surface area contributed by atoms with Gasteiger partial charge in [0.2, 0.25) is 11.8 Å². The third-order valence-electron chi connectivity index (χ3n) is 3.08. The number of amides is 2. The lowest BCUT2D eigenvalue weighted by atomic mass is 9.81. The quantitative estimate of drug-likeness (QED) is 0.741. The van der Waals surface area contributed by atoms with E-state index in [4.69, 9.17) is 16.9 Å². The maximum atomic E-state index is 12.1. The predicted octanol–water partition coefficient (Wildman–Crippen LogP) is 2.89. The summed E-state index contributed by atoms with van der Waals surface area (Å²) in [7, 11) is 0. The molecule has 2 amide bonds. The summed E-state index contributed by atoms with van der Waals surface area (Å²) >= 11 is 6.05. The van der Waals surface area contributed by atoms with Crippen LogP contribution in [0.1, 0.15) is 32.3 Å². The Bertz CT molecular complexity index is 582. The predicted molar refractivity (Wildman–Crippen MR) is 71.7 cm³/mol. The Balaban J connectivity index is 2.40. The largest absolute Gasteiger partial charge is 0.274 e. The molecule has 1 aliphatic rings. The Hall–Kier alpha value is -1.86. The third-order valence-corrected chi connectivity index (χ3v) is 3.38. The lowest BCUT2D eigenvalue weighted by Gasteiger charge is -2.34. The Morgan fingerprint density at radius 3 is 2.32 bits per heavy atom. The molecule has 1 saturated heterocycles. The Morgan fingerprint density at radius 1 is 1.26 bits per heavy atom. The van der Waals surface area contributed by atoms with E-state index in [1.165, 1.54) is 12.1 Å². The van der Waals surface area contributed by atoms with Crippen LogP contribution in [0, 0.1) is 16.7 Å². The molecule has 0 aromatic heterocycles. The standard InChI is InChI=1S/C14H13ClN2O2/c1-14(2)6-12(18)17(13(19)7-14)11-4-3-9(8-16)5-10(11)15/h3-5H,6-7H2,1-2H3. The molecular formula is C14H13ClN2O2. The van der Waals surface area contributed by atoms with Crippen LogP contribution in [0.25, 0.3) is 0 Å². The van der Waals surface area contributed by atoms with Gasteiger partial charge in [0.1, 0.15) is 0 Å². The van der Waals surface area contributed by atoms with Gasteiger partial charge in [-0.2, -0.15) is 5.26 Å². The van der Waals surface area contributed by atoms with E-state index in [1.807, 2.05) is 19.9 Å². The molecule has 1 aliphatic heterocycles. The fourth-order valence-corrected chi connectivity index (χ4v) is 2.47. The average molecular weight is 277 g/mol. The molecular weight excluding hydrogens is 264 g/mol. The van der Waals surface area contributed by atoms with Gasteiger partial charge in [0.25, 0.3) is 0 Å². The molecule has 1 heterocycles. The number of hydrogen-bond donors (Lipinski definition) is 0. The summed E-state index contributed by atoms with van der Waals surface area (Å²) in [5.74, 6) is -0.513. The highest BCUT2D eigenvalue weighted by atomic mass is 35.5. The van der Waals surface area contributed by atoms with Crippen LogP contribution in [0.5, 0.6) is 0 Å². The summed E-state index contributed by atoms with van der Waals surface area (Å²) in [6.07, 6.45) is 0.601. The molecule has 0 radical (unpaired) electrons. The van der Waals surface area contributed by atoms with Crippen LogP contribution in [0.2, 0.25) is 5.02 Å². The minimum Gasteiger partial charge on any atom is -0.274 e. The number of halogens is 1. The van der Waals surface area contributed by atoms with Gasteiger partial charge in [-0.1, -0.05) is 25.4 Å². The van der Waals surface area contributed by atoms with Crippen LogP contribution in [-0.2, 0) is 9.59 Å². The second kappa shape index (κ2) is 4.67. The first-order valence-electron chi connectivity index (χ1n) is 5.89. The monoisotopic (exact) mass is 276 g/mol. The molecule has 19 heavy (non-hydrogen) atoms. The second-order valence-electron chi connectivity index (χ2n) is 5.42. The molecule has 1 aromatic carbocycles. The molecule has 0 unspecified atom stereocenters. The second-order valence-corrected chi connectivity index (χ2v) is 5.83. The topological polar surface area (TPSA) is 61.2 Å². The van der Waals surface area contributed by atoms with E-state index < -0.39 is 0 Å². The van der Waals surface area contributed by atoms with Gasteiger partial charge in [-0.15, -0.1) is 0 Å². The van der Waals surface area contributed by atoms with Crippen molar-refractivity contribution in [3.05, 3.63) is 28.8 Å². The van der Waals surface area contributed by atoms with E-state index in [1.54, 1.807) is 6.07 Å². The van der Waals surface area contributed by atoms with Gasteiger partial charge in [-0.05, 0) is 23.6 Å². The summed E-state index contributed by atoms with van der Waals surface area (Å²) in [6.45, 7) is 3.78. The molecule has 2 rings (SSSR count). The van der Waals surface area contributed by atoms with Crippen molar-refractivity contribution in [2.24, 2.45) is 5.41 Å². The number of hydrogen-bond acceptors (Lipinski definition) is 3. The number of carbonyl (C=O) groups is 2. The van der Waals surface area contributed by atoms with Crippen molar-refractivity contribution in [1.29, 1.82) is 5.26 Å². The first-order valence-corrected chi connectivity index (χ1v) is 6.27. The lowest BCUT2D eigenvalue weighted by Crippen LogP contribution is -2.46. The zero-order chi connectivity index (χ0) is 14.2. The molecule has 1 fully saturated rings. The number of anilines is 1. The van der Waals surface area contributed by atoms with Gasteiger partial charge in [-0.3, -0.25) is 9.59 Å². The average Bonchev–Trinajstić information content (AvgIpc) is 2.28. The summed E-state index contributed by atoms with van der Waals surface area (Å²) in [5, 5.41) is 9.02. The smallest absolute Gasteiger partial charge is 0.234 e. The first kappa shape index (κ1) is 13.6. The molecule has 1 aromatic rings. The van der Waals surface area contributed by atoms with Crippen LogP contribution < -0.4 is 4.90 Å². The number of nitriles is 1. The van der Waals surface area contributed by atoms with Crippen molar-refractivity contribution in [3.63, 3.8) is 0 Å².